The monoisotopic (exact) mass is 199 g/mol. The van der Waals surface area contributed by atoms with Gasteiger partial charge in [-0.3, -0.25) is 4.79 Å². The van der Waals surface area contributed by atoms with Crippen LogP contribution < -0.4 is 5.32 Å². The number of amides is 1. The van der Waals surface area contributed by atoms with Gasteiger partial charge in [0.15, 0.2) is 0 Å². The van der Waals surface area contributed by atoms with Gasteiger partial charge in [0, 0.05) is 18.7 Å². The van der Waals surface area contributed by atoms with E-state index in [1.54, 1.807) is 0 Å². The maximum Gasteiger partial charge on any atom is 0.332 e. The highest BCUT2D eigenvalue weighted by atomic mass is 16.5. The molecule has 0 aliphatic rings. The molecule has 0 rings (SSSR count). The molecule has 1 N–H and O–H groups in total. The molecule has 0 aliphatic carbocycles. The average molecular weight is 199 g/mol. The highest BCUT2D eigenvalue weighted by molar-refractivity contribution is 5.84. The summed E-state index contributed by atoms with van der Waals surface area (Å²) in [7, 11) is 1.31. The Bertz CT molecular complexity index is 244. The minimum absolute atomic E-state index is 0.180. The molecule has 14 heavy (non-hydrogen) atoms. The van der Waals surface area contributed by atoms with Crippen molar-refractivity contribution in [2.24, 2.45) is 5.92 Å². The average Bonchev–Trinajstić information content (AvgIpc) is 2.01. The van der Waals surface area contributed by atoms with Crippen LogP contribution in [0.5, 0.6) is 0 Å². The van der Waals surface area contributed by atoms with E-state index in [4.69, 9.17) is 0 Å². The van der Waals surface area contributed by atoms with Crippen LogP contribution in [0.15, 0.2) is 11.8 Å². The lowest BCUT2D eigenvalue weighted by atomic mass is 10.1. The smallest absolute Gasteiger partial charge is 0.332 e. The molecule has 0 atom stereocenters. The number of hydrogen-bond acceptors (Lipinski definition) is 3. The van der Waals surface area contributed by atoms with Crippen LogP contribution in [0, 0.1) is 5.92 Å². The molecule has 0 bridgehead atoms. The lowest BCUT2D eigenvalue weighted by Gasteiger charge is -2.09. The van der Waals surface area contributed by atoms with Gasteiger partial charge >= 0.3 is 5.97 Å². The van der Waals surface area contributed by atoms with Gasteiger partial charge in [0.25, 0.3) is 0 Å². The topological polar surface area (TPSA) is 55.4 Å². The molecule has 0 heterocycles. The van der Waals surface area contributed by atoms with Gasteiger partial charge in [-0.05, 0) is 12.3 Å². The van der Waals surface area contributed by atoms with Crippen LogP contribution >= 0.6 is 0 Å². The first-order valence-electron chi connectivity index (χ1n) is 4.51. The first-order valence-corrected chi connectivity index (χ1v) is 4.51. The van der Waals surface area contributed by atoms with Crippen molar-refractivity contribution in [2.45, 2.75) is 27.2 Å². The minimum Gasteiger partial charge on any atom is -0.466 e. The SMILES string of the molecule is COC(=O)/C=C(/CC(C)C)NC(C)=O. The van der Waals surface area contributed by atoms with E-state index in [2.05, 4.69) is 10.1 Å². The molecule has 0 spiro atoms. The van der Waals surface area contributed by atoms with Gasteiger partial charge in [0.1, 0.15) is 0 Å². The lowest BCUT2D eigenvalue weighted by Crippen LogP contribution is -2.21. The molecule has 0 aliphatic heterocycles. The lowest BCUT2D eigenvalue weighted by molar-refractivity contribution is -0.134. The summed E-state index contributed by atoms with van der Waals surface area (Å²) < 4.78 is 4.48. The first kappa shape index (κ1) is 12.7. The third-order valence-electron chi connectivity index (χ3n) is 1.46. The Morgan fingerprint density at radius 2 is 2.00 bits per heavy atom. The highest BCUT2D eigenvalue weighted by Crippen LogP contribution is 2.07. The molecular formula is C10H17NO3. The number of carbonyl (C=O) groups is 2. The fourth-order valence-corrected chi connectivity index (χ4v) is 1.01. The second-order valence-electron chi connectivity index (χ2n) is 3.47. The van der Waals surface area contributed by atoms with Crippen molar-refractivity contribution < 1.29 is 14.3 Å². The number of nitrogens with one attached hydrogen (secondary N) is 1. The molecule has 0 radical (unpaired) electrons. The van der Waals surface area contributed by atoms with E-state index in [1.807, 2.05) is 13.8 Å². The van der Waals surface area contributed by atoms with E-state index in [1.165, 1.54) is 20.1 Å². The molecule has 1 amide bonds. The Labute approximate surface area is 84.3 Å². The van der Waals surface area contributed by atoms with Gasteiger partial charge in [-0.1, -0.05) is 13.8 Å². The van der Waals surface area contributed by atoms with Crippen molar-refractivity contribution in [1.29, 1.82) is 0 Å². The Morgan fingerprint density at radius 1 is 1.43 bits per heavy atom. The van der Waals surface area contributed by atoms with Crippen molar-refractivity contribution in [3.05, 3.63) is 11.8 Å². The second-order valence-corrected chi connectivity index (χ2v) is 3.47. The molecule has 0 saturated heterocycles. The van der Waals surface area contributed by atoms with Gasteiger partial charge < -0.3 is 10.1 Å². The zero-order chi connectivity index (χ0) is 11.1. The molecule has 0 unspecified atom stereocenters. The fraction of sp³-hybridized carbons (Fsp3) is 0.600. The van der Waals surface area contributed by atoms with Crippen molar-refractivity contribution in [1.82, 2.24) is 5.32 Å². The molecule has 0 aromatic heterocycles. The van der Waals surface area contributed by atoms with Crippen LogP contribution in [0.4, 0.5) is 0 Å². The third kappa shape index (κ3) is 6.22. The molecule has 0 saturated carbocycles. The quantitative estimate of drug-likeness (QED) is 0.547. The Balaban J connectivity index is 4.45. The number of rotatable bonds is 4. The summed E-state index contributed by atoms with van der Waals surface area (Å²) in [5.74, 6) is -0.257. The zero-order valence-electron chi connectivity index (χ0n) is 9.09. The summed E-state index contributed by atoms with van der Waals surface area (Å²) in [6.45, 7) is 5.42. The van der Waals surface area contributed by atoms with Crippen molar-refractivity contribution in [3.8, 4) is 0 Å². The van der Waals surface area contributed by atoms with E-state index in [0.717, 1.165) is 0 Å². The summed E-state index contributed by atoms with van der Waals surface area (Å²) in [6.07, 6.45) is 1.95. The number of carbonyl (C=O) groups excluding carboxylic acids is 2. The molecule has 4 heteroatoms. The number of esters is 1. The zero-order valence-corrected chi connectivity index (χ0v) is 9.09. The number of ether oxygens (including phenoxy) is 1. The molecular weight excluding hydrogens is 182 g/mol. The summed E-state index contributed by atoms with van der Waals surface area (Å²) >= 11 is 0. The summed E-state index contributed by atoms with van der Waals surface area (Å²) in [5.41, 5.74) is 0.597. The Kier molecular flexibility index (Phi) is 5.60. The Morgan fingerprint density at radius 3 is 2.36 bits per heavy atom. The maximum atomic E-state index is 10.9. The van der Waals surface area contributed by atoms with Gasteiger partial charge in [-0.25, -0.2) is 4.79 Å². The van der Waals surface area contributed by atoms with Gasteiger partial charge in [-0.2, -0.15) is 0 Å². The van der Waals surface area contributed by atoms with Crippen molar-refractivity contribution in [3.63, 3.8) is 0 Å². The second kappa shape index (κ2) is 6.18. The van der Waals surface area contributed by atoms with Gasteiger partial charge in [0.2, 0.25) is 5.91 Å². The van der Waals surface area contributed by atoms with Gasteiger partial charge in [-0.15, -0.1) is 0 Å². The third-order valence-corrected chi connectivity index (χ3v) is 1.46. The fourth-order valence-electron chi connectivity index (χ4n) is 1.01. The molecule has 4 nitrogen and oxygen atoms in total. The van der Waals surface area contributed by atoms with E-state index in [-0.39, 0.29) is 5.91 Å². The number of allylic oxidation sites excluding steroid dienone is 1. The molecule has 80 valence electrons. The van der Waals surface area contributed by atoms with Crippen LogP contribution in [0.25, 0.3) is 0 Å². The van der Waals surface area contributed by atoms with Crippen LogP contribution in [-0.2, 0) is 14.3 Å². The van der Waals surface area contributed by atoms with E-state index in [9.17, 15) is 9.59 Å². The molecule has 0 fully saturated rings. The minimum atomic E-state index is -0.450. The number of methoxy groups -OCH3 is 1. The summed E-state index contributed by atoms with van der Waals surface area (Å²) in [5, 5.41) is 2.60. The standard InChI is InChI=1S/C10H17NO3/c1-7(2)5-9(11-8(3)12)6-10(13)14-4/h6-7H,5H2,1-4H3,(H,11,12)/b9-6-. The molecule has 0 aromatic rings. The highest BCUT2D eigenvalue weighted by Gasteiger charge is 2.05. The van der Waals surface area contributed by atoms with E-state index >= 15 is 0 Å². The summed E-state index contributed by atoms with van der Waals surface area (Å²) in [4.78, 5) is 21.7. The summed E-state index contributed by atoms with van der Waals surface area (Å²) in [6, 6.07) is 0. The van der Waals surface area contributed by atoms with E-state index < -0.39 is 5.97 Å². The van der Waals surface area contributed by atoms with E-state index in [0.29, 0.717) is 18.0 Å². The van der Waals surface area contributed by atoms with Crippen LogP contribution in [0.3, 0.4) is 0 Å². The van der Waals surface area contributed by atoms with Crippen LogP contribution in [0.1, 0.15) is 27.2 Å². The van der Waals surface area contributed by atoms with Crippen molar-refractivity contribution >= 4 is 11.9 Å². The van der Waals surface area contributed by atoms with Gasteiger partial charge in [0.05, 0.1) is 7.11 Å². The van der Waals surface area contributed by atoms with Crippen LogP contribution in [0.2, 0.25) is 0 Å². The Hall–Kier alpha value is -1.32. The van der Waals surface area contributed by atoms with Crippen LogP contribution in [-0.4, -0.2) is 19.0 Å². The predicted octanol–water partition coefficient (Wildman–Crippen LogP) is 1.23. The largest absolute Gasteiger partial charge is 0.466 e. The molecule has 0 aromatic carbocycles. The van der Waals surface area contributed by atoms with Crippen molar-refractivity contribution in [2.75, 3.05) is 7.11 Å². The maximum absolute atomic E-state index is 10.9. The number of hydrogen-bond donors (Lipinski definition) is 1. The predicted molar refractivity (Wildman–Crippen MR) is 53.4 cm³/mol. The first-order chi connectivity index (χ1) is 6.45. The normalized spacial score (nSPS) is 11.4.